The number of nitrogens with one attached hydrogen (secondary N) is 1. The third kappa shape index (κ3) is 3.77. The molecule has 0 unspecified atom stereocenters. The Bertz CT molecular complexity index is 826. The van der Waals surface area contributed by atoms with Gasteiger partial charge >= 0.3 is 0 Å². The van der Waals surface area contributed by atoms with Crippen LogP contribution in [0.25, 0.3) is 10.6 Å². The first-order valence-corrected chi connectivity index (χ1v) is 8.15. The van der Waals surface area contributed by atoms with E-state index in [0.717, 1.165) is 16.3 Å². The van der Waals surface area contributed by atoms with Crippen molar-refractivity contribution in [3.8, 4) is 16.3 Å². The van der Waals surface area contributed by atoms with E-state index >= 15 is 0 Å². The van der Waals surface area contributed by atoms with Crippen LogP contribution in [0.1, 0.15) is 21.4 Å². The van der Waals surface area contributed by atoms with Gasteiger partial charge in [-0.25, -0.2) is 4.98 Å². The zero-order valence-electron chi connectivity index (χ0n) is 13.3. The highest BCUT2D eigenvalue weighted by Gasteiger charge is 2.12. The molecule has 0 fully saturated rings. The molecule has 0 spiro atoms. The number of amides is 1. The summed E-state index contributed by atoms with van der Waals surface area (Å²) in [4.78, 5) is 21.1. The number of hydrogen-bond donors (Lipinski definition) is 1. The van der Waals surface area contributed by atoms with Crippen LogP contribution in [0, 0.1) is 6.92 Å². The molecular formula is C16H16N4O3S. The Kier molecular flexibility index (Phi) is 4.85. The Morgan fingerprint density at radius 2 is 2.12 bits per heavy atom. The number of benzene rings is 1. The molecule has 24 heavy (non-hydrogen) atoms. The van der Waals surface area contributed by atoms with Gasteiger partial charge < -0.3 is 14.6 Å². The number of rotatable bonds is 6. The lowest BCUT2D eigenvalue weighted by molar-refractivity contribution is 0.0957. The first kappa shape index (κ1) is 16.1. The van der Waals surface area contributed by atoms with Crippen LogP contribution in [-0.4, -0.2) is 34.7 Å². The Hall–Kier alpha value is -2.74. The van der Waals surface area contributed by atoms with Crippen molar-refractivity contribution in [2.75, 3.05) is 13.7 Å². The topological polar surface area (TPSA) is 90.1 Å². The molecule has 2 heterocycles. The van der Waals surface area contributed by atoms with E-state index < -0.39 is 0 Å². The van der Waals surface area contributed by atoms with Crippen molar-refractivity contribution in [1.29, 1.82) is 0 Å². The number of aryl methyl sites for hydroxylation is 1. The van der Waals surface area contributed by atoms with Crippen molar-refractivity contribution >= 4 is 17.2 Å². The summed E-state index contributed by atoms with van der Waals surface area (Å²) < 4.78 is 10.1. The number of carbonyl (C=O) groups excluding carboxylic acids is 1. The van der Waals surface area contributed by atoms with Gasteiger partial charge in [0, 0.05) is 18.5 Å². The van der Waals surface area contributed by atoms with Crippen molar-refractivity contribution in [3.05, 3.63) is 47.1 Å². The van der Waals surface area contributed by atoms with Crippen LogP contribution < -0.4 is 10.1 Å². The second-order valence-electron chi connectivity index (χ2n) is 5.00. The lowest BCUT2D eigenvalue weighted by Gasteiger charge is -2.01. The van der Waals surface area contributed by atoms with E-state index in [1.54, 1.807) is 20.2 Å². The molecule has 0 radical (unpaired) electrons. The molecule has 1 amide bonds. The van der Waals surface area contributed by atoms with Crippen LogP contribution in [0.4, 0.5) is 0 Å². The smallest absolute Gasteiger partial charge is 0.263 e. The summed E-state index contributed by atoms with van der Waals surface area (Å²) in [6.07, 6.45) is 2.08. The fourth-order valence-electron chi connectivity index (χ4n) is 2.06. The highest BCUT2D eigenvalue weighted by molar-refractivity contribution is 7.16. The Labute approximate surface area is 142 Å². The number of hydrogen-bond acceptors (Lipinski definition) is 7. The molecule has 2 aromatic heterocycles. The monoisotopic (exact) mass is 344 g/mol. The number of aromatic nitrogens is 3. The maximum absolute atomic E-state index is 12.2. The van der Waals surface area contributed by atoms with Crippen LogP contribution in [0.2, 0.25) is 0 Å². The molecule has 1 N–H and O–H groups in total. The third-order valence-corrected chi connectivity index (χ3v) is 4.31. The molecule has 0 bridgehead atoms. The van der Waals surface area contributed by atoms with Crippen molar-refractivity contribution in [3.63, 3.8) is 0 Å². The summed E-state index contributed by atoms with van der Waals surface area (Å²) in [6, 6.07) is 7.56. The van der Waals surface area contributed by atoms with Crippen molar-refractivity contribution in [2.24, 2.45) is 0 Å². The second kappa shape index (κ2) is 7.22. The van der Waals surface area contributed by atoms with Gasteiger partial charge in [-0.3, -0.25) is 4.79 Å². The van der Waals surface area contributed by atoms with Crippen LogP contribution in [0.5, 0.6) is 5.75 Å². The minimum absolute atomic E-state index is 0.163. The number of ether oxygens (including phenoxy) is 1. The number of nitrogens with zero attached hydrogens (tertiary/aromatic N) is 3. The van der Waals surface area contributed by atoms with Gasteiger partial charge in [-0.1, -0.05) is 5.16 Å². The first-order chi connectivity index (χ1) is 11.7. The molecule has 8 heteroatoms. The molecule has 3 rings (SSSR count). The van der Waals surface area contributed by atoms with E-state index in [1.807, 2.05) is 24.3 Å². The molecule has 1 aromatic carbocycles. The highest BCUT2D eigenvalue weighted by Crippen LogP contribution is 2.26. The van der Waals surface area contributed by atoms with Gasteiger partial charge in [0.05, 0.1) is 13.3 Å². The van der Waals surface area contributed by atoms with E-state index in [1.165, 1.54) is 11.3 Å². The Morgan fingerprint density at radius 1 is 1.33 bits per heavy atom. The lowest BCUT2D eigenvalue weighted by Crippen LogP contribution is -2.24. The molecule has 0 aliphatic carbocycles. The van der Waals surface area contributed by atoms with E-state index in [2.05, 4.69) is 20.4 Å². The lowest BCUT2D eigenvalue weighted by atomic mass is 10.2. The predicted octanol–water partition coefficient (Wildman–Crippen LogP) is 2.48. The average molecular weight is 344 g/mol. The van der Waals surface area contributed by atoms with Gasteiger partial charge in [0.2, 0.25) is 5.89 Å². The molecule has 0 atom stereocenters. The van der Waals surface area contributed by atoms with Gasteiger partial charge in [0.15, 0.2) is 5.82 Å². The van der Waals surface area contributed by atoms with Gasteiger partial charge in [-0.05, 0) is 31.2 Å². The minimum Gasteiger partial charge on any atom is -0.497 e. The summed E-state index contributed by atoms with van der Waals surface area (Å²) in [7, 11) is 1.62. The number of methoxy groups -OCH3 is 1. The Balaban J connectivity index is 1.58. The standard InChI is InChI=1S/C16H16N4O3S/c1-10-19-14(23-20-10)7-8-17-15(21)13-9-18-16(24-13)11-3-5-12(22-2)6-4-11/h3-6,9H,7-8H2,1-2H3,(H,17,21). The quantitative estimate of drug-likeness (QED) is 0.739. The highest BCUT2D eigenvalue weighted by atomic mass is 32.1. The average Bonchev–Trinajstić information content (AvgIpc) is 3.24. The molecule has 0 saturated heterocycles. The van der Waals surface area contributed by atoms with Gasteiger partial charge in [-0.15, -0.1) is 11.3 Å². The molecule has 0 saturated carbocycles. The van der Waals surface area contributed by atoms with E-state index in [4.69, 9.17) is 9.26 Å². The number of carbonyl (C=O) groups is 1. The maximum Gasteiger partial charge on any atom is 0.263 e. The van der Waals surface area contributed by atoms with E-state index in [9.17, 15) is 4.79 Å². The van der Waals surface area contributed by atoms with Gasteiger partial charge in [0.1, 0.15) is 15.6 Å². The van der Waals surface area contributed by atoms with Crippen LogP contribution in [0.3, 0.4) is 0 Å². The van der Waals surface area contributed by atoms with Crippen molar-refractivity contribution in [2.45, 2.75) is 13.3 Å². The van der Waals surface area contributed by atoms with E-state index in [0.29, 0.717) is 29.6 Å². The number of thiazole rings is 1. The second-order valence-corrected chi connectivity index (χ2v) is 6.03. The van der Waals surface area contributed by atoms with Crippen molar-refractivity contribution < 1.29 is 14.1 Å². The van der Waals surface area contributed by atoms with Crippen LogP contribution in [0.15, 0.2) is 35.0 Å². The SMILES string of the molecule is COc1ccc(-c2ncc(C(=O)NCCc3nc(C)no3)s2)cc1. The molecular weight excluding hydrogens is 328 g/mol. The van der Waals surface area contributed by atoms with Crippen LogP contribution in [-0.2, 0) is 6.42 Å². The summed E-state index contributed by atoms with van der Waals surface area (Å²) in [5, 5.41) is 7.32. The maximum atomic E-state index is 12.2. The molecule has 7 nitrogen and oxygen atoms in total. The predicted molar refractivity (Wildman–Crippen MR) is 89.2 cm³/mol. The third-order valence-electron chi connectivity index (χ3n) is 3.26. The van der Waals surface area contributed by atoms with Crippen molar-refractivity contribution in [1.82, 2.24) is 20.4 Å². The molecule has 124 valence electrons. The molecule has 0 aliphatic rings. The normalized spacial score (nSPS) is 10.6. The largest absolute Gasteiger partial charge is 0.497 e. The minimum atomic E-state index is -0.163. The summed E-state index contributed by atoms with van der Waals surface area (Å²) in [6.45, 7) is 2.18. The molecule has 0 aliphatic heterocycles. The molecule has 3 aromatic rings. The van der Waals surface area contributed by atoms with Gasteiger partial charge in [-0.2, -0.15) is 4.98 Å². The van der Waals surface area contributed by atoms with Gasteiger partial charge in [0.25, 0.3) is 5.91 Å². The Morgan fingerprint density at radius 3 is 2.79 bits per heavy atom. The van der Waals surface area contributed by atoms with E-state index in [-0.39, 0.29) is 5.91 Å². The first-order valence-electron chi connectivity index (χ1n) is 7.33. The zero-order chi connectivity index (χ0) is 16.9. The summed E-state index contributed by atoms with van der Waals surface area (Å²) in [5.41, 5.74) is 0.946. The fourth-order valence-corrected chi connectivity index (χ4v) is 2.90. The zero-order valence-corrected chi connectivity index (χ0v) is 14.1. The fraction of sp³-hybridized carbons (Fsp3) is 0.250. The van der Waals surface area contributed by atoms with Crippen LogP contribution >= 0.6 is 11.3 Å². The summed E-state index contributed by atoms with van der Waals surface area (Å²) >= 11 is 1.34. The summed E-state index contributed by atoms with van der Waals surface area (Å²) in [5.74, 6) is 1.71.